The molecule has 0 amide bonds. The van der Waals surface area contributed by atoms with Crippen LogP contribution in [-0.4, -0.2) is 39.1 Å². The molecule has 0 saturated carbocycles. The molecule has 1 saturated heterocycles. The Morgan fingerprint density at radius 1 is 1.18 bits per heavy atom. The lowest BCUT2D eigenvalue weighted by Gasteiger charge is -2.21. The van der Waals surface area contributed by atoms with E-state index >= 15 is 0 Å². The van der Waals surface area contributed by atoms with Gasteiger partial charge in [-0.1, -0.05) is 37.3 Å². The van der Waals surface area contributed by atoms with Crippen molar-refractivity contribution in [2.24, 2.45) is 0 Å². The molecule has 2 atom stereocenters. The normalized spacial score (nSPS) is 19.4. The molecule has 28 heavy (non-hydrogen) atoms. The molecule has 3 aromatic rings. The SMILES string of the molecule is Cc1cc(C(F)(F)F)n2nc(C3CCN(CC(C)c4ccccc4)C3)cc2n1. The number of likely N-dealkylation sites (tertiary alicyclic amines) is 1. The first-order chi connectivity index (χ1) is 13.3. The van der Waals surface area contributed by atoms with Crippen molar-refractivity contribution >= 4 is 5.65 Å². The zero-order chi connectivity index (χ0) is 19.9. The quantitative estimate of drug-likeness (QED) is 0.652. The van der Waals surface area contributed by atoms with E-state index in [4.69, 9.17) is 0 Å². The van der Waals surface area contributed by atoms with E-state index in [9.17, 15) is 13.2 Å². The van der Waals surface area contributed by atoms with Gasteiger partial charge in [0.1, 0.15) is 5.69 Å². The summed E-state index contributed by atoms with van der Waals surface area (Å²) in [6.45, 7) is 6.44. The van der Waals surface area contributed by atoms with Crippen LogP contribution in [0.5, 0.6) is 0 Å². The third-order valence-electron chi connectivity index (χ3n) is 5.46. The lowest BCUT2D eigenvalue weighted by Crippen LogP contribution is -2.25. The van der Waals surface area contributed by atoms with Gasteiger partial charge in [-0.25, -0.2) is 9.50 Å². The van der Waals surface area contributed by atoms with Gasteiger partial charge in [0.15, 0.2) is 5.65 Å². The van der Waals surface area contributed by atoms with Gasteiger partial charge in [0.05, 0.1) is 5.69 Å². The van der Waals surface area contributed by atoms with Crippen molar-refractivity contribution in [3.63, 3.8) is 0 Å². The van der Waals surface area contributed by atoms with E-state index in [1.807, 2.05) is 18.2 Å². The smallest absolute Gasteiger partial charge is 0.302 e. The van der Waals surface area contributed by atoms with Crippen molar-refractivity contribution in [1.82, 2.24) is 19.5 Å². The average molecular weight is 388 g/mol. The molecule has 7 heteroatoms. The molecule has 2 unspecified atom stereocenters. The van der Waals surface area contributed by atoms with Crippen LogP contribution in [0.2, 0.25) is 0 Å². The van der Waals surface area contributed by atoms with Gasteiger partial charge in [-0.05, 0) is 37.4 Å². The van der Waals surface area contributed by atoms with Gasteiger partial charge >= 0.3 is 6.18 Å². The van der Waals surface area contributed by atoms with Gasteiger partial charge in [-0.3, -0.25) is 0 Å². The number of alkyl halides is 3. The molecular weight excluding hydrogens is 365 g/mol. The molecule has 4 rings (SSSR count). The Hall–Kier alpha value is -2.41. The third-order valence-corrected chi connectivity index (χ3v) is 5.46. The Labute approximate surface area is 162 Å². The highest BCUT2D eigenvalue weighted by molar-refractivity contribution is 5.43. The molecule has 148 valence electrons. The van der Waals surface area contributed by atoms with Gasteiger partial charge in [0, 0.05) is 30.8 Å². The van der Waals surface area contributed by atoms with E-state index in [2.05, 4.69) is 34.0 Å². The lowest BCUT2D eigenvalue weighted by atomic mass is 10.0. The number of fused-ring (bicyclic) bond motifs is 1. The predicted octanol–water partition coefficient (Wildman–Crippen LogP) is 4.65. The van der Waals surface area contributed by atoms with Crippen molar-refractivity contribution in [1.29, 1.82) is 0 Å². The van der Waals surface area contributed by atoms with E-state index in [0.29, 0.717) is 17.3 Å². The number of aromatic nitrogens is 3. The standard InChI is InChI=1S/C21H23F3N4/c1-14(16-6-4-3-5-7-16)12-27-9-8-17(13-27)18-11-20-25-15(2)10-19(21(22,23)24)28(20)26-18/h3-7,10-11,14,17H,8-9,12-13H2,1-2H3. The van der Waals surface area contributed by atoms with Crippen LogP contribution in [0.25, 0.3) is 5.65 Å². The predicted molar refractivity (Wildman–Crippen MR) is 101 cm³/mol. The summed E-state index contributed by atoms with van der Waals surface area (Å²) in [7, 11) is 0. The van der Waals surface area contributed by atoms with E-state index in [1.54, 1.807) is 13.0 Å². The van der Waals surface area contributed by atoms with Crippen molar-refractivity contribution in [3.8, 4) is 0 Å². The van der Waals surface area contributed by atoms with Gasteiger partial charge < -0.3 is 4.90 Å². The van der Waals surface area contributed by atoms with E-state index < -0.39 is 11.9 Å². The van der Waals surface area contributed by atoms with Crippen LogP contribution in [0, 0.1) is 6.92 Å². The zero-order valence-electron chi connectivity index (χ0n) is 15.9. The second-order valence-corrected chi connectivity index (χ2v) is 7.68. The molecule has 1 fully saturated rings. The van der Waals surface area contributed by atoms with Crippen LogP contribution < -0.4 is 0 Å². The first kappa shape index (κ1) is 18.9. The fraction of sp³-hybridized carbons (Fsp3) is 0.429. The fourth-order valence-corrected chi connectivity index (χ4v) is 4.03. The number of benzene rings is 1. The molecule has 1 aliphatic rings. The summed E-state index contributed by atoms with van der Waals surface area (Å²) in [5.41, 5.74) is 1.83. The van der Waals surface area contributed by atoms with Crippen molar-refractivity contribution in [2.45, 2.75) is 38.3 Å². The number of hydrogen-bond donors (Lipinski definition) is 0. The van der Waals surface area contributed by atoms with Crippen molar-refractivity contribution in [2.75, 3.05) is 19.6 Å². The fourth-order valence-electron chi connectivity index (χ4n) is 4.03. The Morgan fingerprint density at radius 3 is 2.64 bits per heavy atom. The third kappa shape index (κ3) is 3.76. The van der Waals surface area contributed by atoms with Crippen LogP contribution in [0.1, 0.15) is 47.8 Å². The van der Waals surface area contributed by atoms with E-state index in [0.717, 1.165) is 36.6 Å². The van der Waals surface area contributed by atoms with Crippen molar-refractivity contribution < 1.29 is 13.2 Å². The summed E-state index contributed by atoms with van der Waals surface area (Å²) in [6, 6.07) is 13.1. The summed E-state index contributed by atoms with van der Waals surface area (Å²) in [4.78, 5) is 6.61. The number of halogens is 3. The van der Waals surface area contributed by atoms with Gasteiger partial charge in [0.25, 0.3) is 0 Å². The number of rotatable bonds is 4. The molecule has 0 bridgehead atoms. The Kier molecular flexibility index (Phi) is 4.87. The van der Waals surface area contributed by atoms with Gasteiger partial charge in [0.2, 0.25) is 0 Å². The molecule has 1 aliphatic heterocycles. The minimum atomic E-state index is -4.46. The zero-order valence-corrected chi connectivity index (χ0v) is 15.9. The Bertz CT molecular complexity index is 965. The lowest BCUT2D eigenvalue weighted by molar-refractivity contribution is -0.142. The number of aryl methyl sites for hydroxylation is 1. The molecular formula is C21H23F3N4. The van der Waals surface area contributed by atoms with Crippen LogP contribution in [-0.2, 0) is 6.18 Å². The molecule has 1 aromatic carbocycles. The summed E-state index contributed by atoms with van der Waals surface area (Å²) in [5, 5.41) is 4.28. The monoisotopic (exact) mass is 388 g/mol. The molecule has 3 heterocycles. The van der Waals surface area contributed by atoms with Gasteiger partial charge in [-0.15, -0.1) is 0 Å². The Morgan fingerprint density at radius 2 is 1.93 bits per heavy atom. The maximum atomic E-state index is 13.4. The molecule has 2 aromatic heterocycles. The second kappa shape index (κ2) is 7.20. The molecule has 0 radical (unpaired) electrons. The van der Waals surface area contributed by atoms with Crippen LogP contribution in [0.15, 0.2) is 42.5 Å². The minimum Gasteiger partial charge on any atom is -0.302 e. The second-order valence-electron chi connectivity index (χ2n) is 7.68. The average Bonchev–Trinajstić information content (AvgIpc) is 3.27. The molecule has 0 N–H and O–H groups in total. The number of hydrogen-bond acceptors (Lipinski definition) is 3. The minimum absolute atomic E-state index is 0.131. The van der Waals surface area contributed by atoms with Crippen molar-refractivity contribution in [3.05, 3.63) is 65.1 Å². The maximum absolute atomic E-state index is 13.4. The topological polar surface area (TPSA) is 33.4 Å². The van der Waals surface area contributed by atoms with Gasteiger partial charge in [-0.2, -0.15) is 18.3 Å². The molecule has 0 aliphatic carbocycles. The van der Waals surface area contributed by atoms with Crippen LogP contribution in [0.3, 0.4) is 0 Å². The van der Waals surface area contributed by atoms with Crippen LogP contribution >= 0.6 is 0 Å². The largest absolute Gasteiger partial charge is 0.433 e. The molecule has 4 nitrogen and oxygen atoms in total. The summed E-state index contributed by atoms with van der Waals surface area (Å²) in [5.74, 6) is 0.535. The first-order valence-electron chi connectivity index (χ1n) is 9.53. The maximum Gasteiger partial charge on any atom is 0.433 e. The summed E-state index contributed by atoms with van der Waals surface area (Å²) >= 11 is 0. The summed E-state index contributed by atoms with van der Waals surface area (Å²) in [6.07, 6.45) is -3.56. The number of nitrogens with zero attached hydrogens (tertiary/aromatic N) is 4. The summed E-state index contributed by atoms with van der Waals surface area (Å²) < 4.78 is 41.0. The highest BCUT2D eigenvalue weighted by Gasteiger charge is 2.35. The first-order valence-corrected chi connectivity index (χ1v) is 9.53. The highest BCUT2D eigenvalue weighted by Crippen LogP contribution is 2.32. The Balaban J connectivity index is 1.52. The van der Waals surface area contributed by atoms with Crippen LogP contribution in [0.4, 0.5) is 13.2 Å². The highest BCUT2D eigenvalue weighted by atomic mass is 19.4. The molecule has 0 spiro atoms. The van der Waals surface area contributed by atoms with E-state index in [-0.39, 0.29) is 11.6 Å². The van der Waals surface area contributed by atoms with E-state index in [1.165, 1.54) is 5.56 Å².